The number of alkyl carbamates (subject to hydrolysis) is 1. The highest BCUT2D eigenvalue weighted by Gasteiger charge is 2.35. The van der Waals surface area contributed by atoms with Crippen LogP contribution in [0.2, 0.25) is 10.0 Å². The van der Waals surface area contributed by atoms with Crippen LogP contribution < -0.4 is 21.3 Å². The number of sulfone groups is 1. The number of carbonyl (C=O) groups is 1. The second-order valence-corrected chi connectivity index (χ2v) is 14.8. The number of benzene rings is 2. The summed E-state index contributed by atoms with van der Waals surface area (Å²) in [6.07, 6.45) is -4.49. The first-order valence-corrected chi connectivity index (χ1v) is 16.7. The van der Waals surface area contributed by atoms with Crippen molar-refractivity contribution in [2.45, 2.75) is 76.5 Å². The maximum absolute atomic E-state index is 13.6. The first kappa shape index (κ1) is 35.6. The van der Waals surface area contributed by atoms with E-state index in [0.717, 1.165) is 6.07 Å². The van der Waals surface area contributed by atoms with E-state index in [9.17, 15) is 36.0 Å². The molecule has 11 nitrogen and oxygen atoms in total. The predicted molar refractivity (Wildman–Crippen MR) is 166 cm³/mol. The van der Waals surface area contributed by atoms with E-state index in [1.165, 1.54) is 25.1 Å². The van der Waals surface area contributed by atoms with Gasteiger partial charge in [0.05, 0.1) is 33.1 Å². The Morgan fingerprint density at radius 3 is 2.46 bits per heavy atom. The van der Waals surface area contributed by atoms with Gasteiger partial charge in [0.15, 0.2) is 9.84 Å². The second-order valence-electron chi connectivity index (χ2n) is 11.8. The van der Waals surface area contributed by atoms with Crippen LogP contribution in [0.1, 0.15) is 51.7 Å². The van der Waals surface area contributed by atoms with Crippen molar-refractivity contribution in [3.05, 3.63) is 66.3 Å². The van der Waals surface area contributed by atoms with E-state index in [1.54, 1.807) is 20.8 Å². The van der Waals surface area contributed by atoms with E-state index in [2.05, 4.69) is 15.0 Å². The zero-order valence-corrected chi connectivity index (χ0v) is 27.7. The standard InChI is InChI=1S/C29H33Cl2F3N4O7S/c1-5-46(42,43)22-9-8-17(30)11-16(22)14-38-25(39)19-12-21(44-29(32,33)34)20(23(31)24(19)36-26(38)40)15-37-10-6-7-18(37)13-35-27(41)45-28(2,3)4/h8-9,11-12,18H,5-7,10,13-15H2,1-4H3,(H,35,41)(H,36,40)/t18-/m0/s1. The van der Waals surface area contributed by atoms with Crippen molar-refractivity contribution < 1.29 is 35.9 Å². The number of aromatic amines is 1. The number of rotatable bonds is 9. The fraction of sp³-hybridized carbons (Fsp3) is 0.483. The lowest BCUT2D eigenvalue weighted by molar-refractivity contribution is -0.274. The third-order valence-electron chi connectivity index (χ3n) is 7.31. The minimum atomic E-state index is -5.15. The van der Waals surface area contributed by atoms with Crippen molar-refractivity contribution in [2.75, 3.05) is 18.8 Å². The van der Waals surface area contributed by atoms with E-state index in [-0.39, 0.29) is 61.9 Å². The average Bonchev–Trinajstić information content (AvgIpc) is 3.38. The lowest BCUT2D eigenvalue weighted by Crippen LogP contribution is -2.42. The number of amides is 1. The van der Waals surface area contributed by atoms with Gasteiger partial charge in [-0.05, 0) is 70.0 Å². The van der Waals surface area contributed by atoms with Crippen molar-refractivity contribution in [3.63, 3.8) is 0 Å². The normalized spacial score (nSPS) is 16.2. The van der Waals surface area contributed by atoms with Gasteiger partial charge in [0.2, 0.25) is 0 Å². The number of alkyl halides is 3. The number of H-pyrrole nitrogens is 1. The maximum Gasteiger partial charge on any atom is 0.573 e. The quantitative estimate of drug-likeness (QED) is 0.308. The van der Waals surface area contributed by atoms with Crippen LogP contribution in [0.4, 0.5) is 18.0 Å². The van der Waals surface area contributed by atoms with Crippen molar-refractivity contribution in [1.82, 2.24) is 19.8 Å². The molecule has 1 amide bonds. The summed E-state index contributed by atoms with van der Waals surface area (Å²) in [6.45, 7) is 6.46. The van der Waals surface area contributed by atoms with E-state index >= 15 is 0 Å². The lowest BCUT2D eigenvalue weighted by atomic mass is 10.1. The van der Waals surface area contributed by atoms with E-state index < -0.39 is 51.4 Å². The van der Waals surface area contributed by atoms with Gasteiger partial charge in [-0.3, -0.25) is 14.3 Å². The fourth-order valence-electron chi connectivity index (χ4n) is 5.23. The molecule has 3 aromatic rings. The molecule has 252 valence electrons. The van der Waals surface area contributed by atoms with Crippen LogP contribution in [0.15, 0.2) is 38.8 Å². The third-order valence-corrected chi connectivity index (χ3v) is 9.79. The number of fused-ring (bicyclic) bond motifs is 1. The van der Waals surface area contributed by atoms with Crippen LogP contribution in [-0.4, -0.2) is 65.8 Å². The summed E-state index contributed by atoms with van der Waals surface area (Å²) in [5, 5.41) is 2.09. The first-order valence-electron chi connectivity index (χ1n) is 14.3. The Labute approximate surface area is 272 Å². The van der Waals surface area contributed by atoms with Gasteiger partial charge >= 0.3 is 18.1 Å². The summed E-state index contributed by atoms with van der Waals surface area (Å²) in [5.41, 5.74) is -3.03. The maximum atomic E-state index is 13.6. The summed E-state index contributed by atoms with van der Waals surface area (Å²) < 4.78 is 76.4. The zero-order chi connectivity index (χ0) is 34.2. The number of hydrogen-bond acceptors (Lipinski definition) is 8. The fourth-order valence-corrected chi connectivity index (χ4v) is 6.84. The Morgan fingerprint density at radius 2 is 1.83 bits per heavy atom. The first-order chi connectivity index (χ1) is 21.3. The molecule has 2 aromatic carbocycles. The lowest BCUT2D eigenvalue weighted by Gasteiger charge is -2.27. The summed E-state index contributed by atoms with van der Waals surface area (Å²) >= 11 is 12.7. The molecule has 1 atom stereocenters. The Morgan fingerprint density at radius 1 is 1.13 bits per heavy atom. The second kappa shape index (κ2) is 13.5. The Bertz CT molecular complexity index is 1870. The van der Waals surface area contributed by atoms with Crippen LogP contribution >= 0.6 is 23.2 Å². The van der Waals surface area contributed by atoms with Gasteiger partial charge in [-0.1, -0.05) is 30.1 Å². The number of nitrogens with one attached hydrogen (secondary N) is 2. The van der Waals surface area contributed by atoms with Gasteiger partial charge in [-0.25, -0.2) is 18.0 Å². The molecule has 0 spiro atoms. The molecule has 46 heavy (non-hydrogen) atoms. The summed E-state index contributed by atoms with van der Waals surface area (Å²) in [4.78, 5) is 43.1. The molecule has 2 heterocycles. The number of ether oxygens (including phenoxy) is 2. The van der Waals surface area contributed by atoms with Gasteiger partial charge in [-0.2, -0.15) is 0 Å². The van der Waals surface area contributed by atoms with Crippen molar-refractivity contribution >= 4 is 50.0 Å². The molecule has 2 N–H and O–H groups in total. The molecule has 0 unspecified atom stereocenters. The number of halogens is 5. The van der Waals surface area contributed by atoms with Gasteiger partial charge < -0.3 is 19.8 Å². The van der Waals surface area contributed by atoms with Crippen LogP contribution in [0, 0.1) is 0 Å². The molecule has 0 saturated carbocycles. The Kier molecular flexibility index (Phi) is 10.4. The van der Waals surface area contributed by atoms with Crippen molar-refractivity contribution in [2.24, 2.45) is 0 Å². The molecule has 4 rings (SSSR count). The number of hydrogen-bond donors (Lipinski definition) is 2. The molecule has 1 aliphatic rings. The molecule has 0 bridgehead atoms. The number of aromatic nitrogens is 2. The summed E-state index contributed by atoms with van der Waals surface area (Å²) in [6, 6.07) is 4.46. The molecular formula is C29H33Cl2F3N4O7S. The van der Waals surface area contributed by atoms with Gasteiger partial charge in [-0.15, -0.1) is 13.2 Å². The highest BCUT2D eigenvalue weighted by molar-refractivity contribution is 7.91. The van der Waals surface area contributed by atoms with Gasteiger partial charge in [0.1, 0.15) is 11.4 Å². The molecule has 0 aliphatic carbocycles. The smallest absolute Gasteiger partial charge is 0.444 e. The minimum absolute atomic E-state index is 0.0378. The monoisotopic (exact) mass is 708 g/mol. The Hall–Kier alpha value is -3.27. The summed E-state index contributed by atoms with van der Waals surface area (Å²) in [5.74, 6) is -1.01. The van der Waals surface area contributed by atoms with Crippen molar-refractivity contribution in [1.29, 1.82) is 0 Å². The topological polar surface area (TPSA) is 140 Å². The van der Waals surface area contributed by atoms with Crippen molar-refractivity contribution in [3.8, 4) is 5.75 Å². The van der Waals surface area contributed by atoms with E-state index in [4.69, 9.17) is 27.9 Å². The Balaban J connectivity index is 1.76. The number of nitrogens with zero attached hydrogens (tertiary/aromatic N) is 2. The van der Waals surface area contributed by atoms with Crippen LogP contribution in [0.5, 0.6) is 5.75 Å². The predicted octanol–water partition coefficient (Wildman–Crippen LogP) is 5.23. The largest absolute Gasteiger partial charge is 0.573 e. The van der Waals surface area contributed by atoms with Gasteiger partial charge in [0, 0.05) is 29.7 Å². The molecule has 17 heteroatoms. The van der Waals surface area contributed by atoms with Crippen LogP contribution in [0.25, 0.3) is 10.9 Å². The SMILES string of the molecule is CCS(=O)(=O)c1ccc(Cl)cc1Cn1c(=O)[nH]c2c(Cl)c(CN3CCC[C@H]3CNC(=O)OC(C)(C)C)c(OC(F)(F)F)cc2c1=O. The molecule has 0 radical (unpaired) electrons. The van der Waals surface area contributed by atoms with E-state index in [1.807, 2.05) is 4.90 Å². The molecule has 1 aliphatic heterocycles. The minimum Gasteiger partial charge on any atom is -0.444 e. The third kappa shape index (κ3) is 8.35. The zero-order valence-electron chi connectivity index (χ0n) is 25.4. The summed E-state index contributed by atoms with van der Waals surface area (Å²) in [7, 11) is -3.79. The van der Waals surface area contributed by atoms with Gasteiger partial charge in [0.25, 0.3) is 5.56 Å². The highest BCUT2D eigenvalue weighted by atomic mass is 35.5. The molecule has 1 fully saturated rings. The molecular weight excluding hydrogens is 676 g/mol. The van der Waals surface area contributed by atoms with Crippen LogP contribution in [0.3, 0.4) is 0 Å². The molecule has 1 saturated heterocycles. The average molecular weight is 710 g/mol. The van der Waals surface area contributed by atoms with E-state index in [0.29, 0.717) is 24.0 Å². The molecule has 1 aromatic heterocycles. The highest BCUT2D eigenvalue weighted by Crippen LogP contribution is 2.37. The van der Waals surface area contributed by atoms with Crippen LogP contribution in [-0.2, 0) is 27.7 Å². The number of likely N-dealkylation sites (tertiary alicyclic amines) is 1. The number of carbonyl (C=O) groups excluding carboxylic acids is 1.